The fraction of sp³-hybridized carbons (Fsp3) is 0.500. The molecule has 0 aliphatic heterocycles. The molecule has 0 unspecified atom stereocenters. The average molecular weight is 194 g/mol. The molecule has 0 bridgehead atoms. The largest absolute Gasteiger partial charge is 0.493 e. The summed E-state index contributed by atoms with van der Waals surface area (Å²) in [5.41, 5.74) is 1.22. The Morgan fingerprint density at radius 2 is 2.14 bits per heavy atom. The van der Waals surface area contributed by atoms with Crippen molar-refractivity contribution >= 4 is 0 Å². The summed E-state index contributed by atoms with van der Waals surface area (Å²) in [6, 6.07) is 8.08. The molecule has 14 heavy (non-hydrogen) atoms. The number of ether oxygens (including phenoxy) is 2. The van der Waals surface area contributed by atoms with Crippen molar-refractivity contribution in [2.24, 2.45) is 0 Å². The SMILES string of the molecule is CO[C@H](C)CCOc1cccc(C)c1. The third kappa shape index (κ3) is 3.79. The maximum absolute atomic E-state index is 5.58. The summed E-state index contributed by atoms with van der Waals surface area (Å²) >= 11 is 0. The molecule has 0 saturated heterocycles. The third-order valence-electron chi connectivity index (χ3n) is 2.19. The minimum atomic E-state index is 0.264. The number of rotatable bonds is 5. The summed E-state index contributed by atoms with van der Waals surface area (Å²) in [7, 11) is 1.72. The van der Waals surface area contributed by atoms with Crippen LogP contribution in [0.2, 0.25) is 0 Å². The molecule has 0 heterocycles. The summed E-state index contributed by atoms with van der Waals surface area (Å²) in [6.45, 7) is 4.81. The van der Waals surface area contributed by atoms with Gasteiger partial charge in [0, 0.05) is 13.5 Å². The van der Waals surface area contributed by atoms with Crippen molar-refractivity contribution in [1.82, 2.24) is 0 Å². The minimum absolute atomic E-state index is 0.264. The lowest BCUT2D eigenvalue weighted by Crippen LogP contribution is -2.10. The van der Waals surface area contributed by atoms with E-state index in [0.29, 0.717) is 6.61 Å². The van der Waals surface area contributed by atoms with Crippen molar-refractivity contribution in [1.29, 1.82) is 0 Å². The van der Waals surface area contributed by atoms with Crippen molar-refractivity contribution in [2.75, 3.05) is 13.7 Å². The van der Waals surface area contributed by atoms with E-state index in [-0.39, 0.29) is 6.10 Å². The van der Waals surface area contributed by atoms with Crippen molar-refractivity contribution < 1.29 is 9.47 Å². The third-order valence-corrected chi connectivity index (χ3v) is 2.19. The normalized spacial score (nSPS) is 12.5. The van der Waals surface area contributed by atoms with E-state index < -0.39 is 0 Å². The topological polar surface area (TPSA) is 18.5 Å². The van der Waals surface area contributed by atoms with E-state index in [9.17, 15) is 0 Å². The van der Waals surface area contributed by atoms with Gasteiger partial charge in [-0.3, -0.25) is 0 Å². The Morgan fingerprint density at radius 3 is 2.79 bits per heavy atom. The Bertz CT molecular complexity index is 271. The van der Waals surface area contributed by atoms with E-state index in [2.05, 4.69) is 13.0 Å². The molecule has 0 saturated carbocycles. The lowest BCUT2D eigenvalue weighted by molar-refractivity contribution is 0.0955. The predicted molar refractivity (Wildman–Crippen MR) is 57.8 cm³/mol. The van der Waals surface area contributed by atoms with Gasteiger partial charge in [-0.1, -0.05) is 12.1 Å². The van der Waals surface area contributed by atoms with Crippen LogP contribution in [0.15, 0.2) is 24.3 Å². The fourth-order valence-electron chi connectivity index (χ4n) is 1.17. The van der Waals surface area contributed by atoms with Crippen LogP contribution in [0.1, 0.15) is 18.9 Å². The molecule has 0 spiro atoms. The van der Waals surface area contributed by atoms with Gasteiger partial charge in [-0.2, -0.15) is 0 Å². The lowest BCUT2D eigenvalue weighted by atomic mass is 10.2. The Balaban J connectivity index is 2.31. The molecule has 0 N–H and O–H groups in total. The highest BCUT2D eigenvalue weighted by Crippen LogP contribution is 2.12. The molecule has 1 aromatic rings. The summed E-state index contributed by atoms with van der Waals surface area (Å²) in [4.78, 5) is 0. The number of aryl methyl sites for hydroxylation is 1. The van der Waals surface area contributed by atoms with Gasteiger partial charge in [-0.15, -0.1) is 0 Å². The zero-order chi connectivity index (χ0) is 10.4. The molecule has 78 valence electrons. The molecule has 2 nitrogen and oxygen atoms in total. The van der Waals surface area contributed by atoms with Gasteiger partial charge in [0.1, 0.15) is 5.75 Å². The molecule has 0 aliphatic rings. The standard InChI is InChI=1S/C12H18O2/c1-10-5-4-6-12(9-10)14-8-7-11(2)13-3/h4-6,9,11H,7-8H2,1-3H3/t11-/m1/s1. The Morgan fingerprint density at radius 1 is 1.36 bits per heavy atom. The average Bonchev–Trinajstić information content (AvgIpc) is 2.17. The number of hydrogen-bond donors (Lipinski definition) is 0. The van der Waals surface area contributed by atoms with Crippen LogP contribution in [-0.4, -0.2) is 19.8 Å². The highest BCUT2D eigenvalue weighted by molar-refractivity contribution is 5.27. The Hall–Kier alpha value is -1.02. The summed E-state index contributed by atoms with van der Waals surface area (Å²) in [5.74, 6) is 0.938. The Kier molecular flexibility index (Phi) is 4.47. The summed E-state index contributed by atoms with van der Waals surface area (Å²) in [5, 5.41) is 0. The first-order chi connectivity index (χ1) is 6.72. The first-order valence-corrected chi connectivity index (χ1v) is 4.94. The van der Waals surface area contributed by atoms with Crippen LogP contribution in [0.4, 0.5) is 0 Å². The van der Waals surface area contributed by atoms with Crippen LogP contribution in [0.5, 0.6) is 5.75 Å². The van der Waals surface area contributed by atoms with Crippen LogP contribution < -0.4 is 4.74 Å². The van der Waals surface area contributed by atoms with Crippen molar-refractivity contribution in [3.8, 4) is 5.75 Å². The van der Waals surface area contributed by atoms with Crippen LogP contribution in [-0.2, 0) is 4.74 Å². The van der Waals surface area contributed by atoms with Crippen LogP contribution in [0.25, 0.3) is 0 Å². The quantitative estimate of drug-likeness (QED) is 0.717. The summed E-state index contributed by atoms with van der Waals surface area (Å²) < 4.78 is 10.7. The van der Waals surface area contributed by atoms with E-state index >= 15 is 0 Å². The van der Waals surface area contributed by atoms with Crippen molar-refractivity contribution in [3.63, 3.8) is 0 Å². The van der Waals surface area contributed by atoms with Crippen molar-refractivity contribution in [3.05, 3.63) is 29.8 Å². The monoisotopic (exact) mass is 194 g/mol. The molecule has 1 aromatic carbocycles. The van der Waals surface area contributed by atoms with E-state index in [1.165, 1.54) is 5.56 Å². The van der Waals surface area contributed by atoms with Gasteiger partial charge >= 0.3 is 0 Å². The van der Waals surface area contributed by atoms with Gasteiger partial charge in [0.2, 0.25) is 0 Å². The second kappa shape index (κ2) is 5.66. The van der Waals surface area contributed by atoms with Crippen LogP contribution in [0.3, 0.4) is 0 Å². The first kappa shape index (κ1) is 11.1. The van der Waals surface area contributed by atoms with Crippen LogP contribution >= 0.6 is 0 Å². The predicted octanol–water partition coefficient (Wildman–Crippen LogP) is 2.80. The smallest absolute Gasteiger partial charge is 0.119 e. The van der Waals surface area contributed by atoms with Gasteiger partial charge in [0.05, 0.1) is 12.7 Å². The molecule has 0 aliphatic carbocycles. The Labute approximate surface area is 85.8 Å². The van der Waals surface area contributed by atoms with E-state index in [1.54, 1.807) is 7.11 Å². The lowest BCUT2D eigenvalue weighted by Gasteiger charge is -2.10. The van der Waals surface area contributed by atoms with Crippen LogP contribution in [0, 0.1) is 6.92 Å². The molecular weight excluding hydrogens is 176 g/mol. The zero-order valence-corrected chi connectivity index (χ0v) is 9.12. The molecule has 0 aromatic heterocycles. The number of hydrogen-bond acceptors (Lipinski definition) is 2. The second-order valence-electron chi connectivity index (χ2n) is 3.50. The van der Waals surface area contributed by atoms with E-state index in [0.717, 1.165) is 12.2 Å². The molecular formula is C12H18O2. The number of methoxy groups -OCH3 is 1. The summed E-state index contributed by atoms with van der Waals surface area (Å²) in [6.07, 6.45) is 1.18. The maximum Gasteiger partial charge on any atom is 0.119 e. The van der Waals surface area contributed by atoms with Gasteiger partial charge in [-0.05, 0) is 31.5 Å². The van der Waals surface area contributed by atoms with Gasteiger partial charge in [-0.25, -0.2) is 0 Å². The molecule has 0 amide bonds. The first-order valence-electron chi connectivity index (χ1n) is 4.94. The second-order valence-corrected chi connectivity index (χ2v) is 3.50. The molecule has 1 rings (SSSR count). The molecule has 1 atom stereocenters. The minimum Gasteiger partial charge on any atom is -0.493 e. The van der Waals surface area contributed by atoms with Gasteiger partial charge in [0.15, 0.2) is 0 Å². The van der Waals surface area contributed by atoms with E-state index in [4.69, 9.17) is 9.47 Å². The number of benzene rings is 1. The van der Waals surface area contributed by atoms with Gasteiger partial charge in [0.25, 0.3) is 0 Å². The molecule has 0 fully saturated rings. The fourth-order valence-corrected chi connectivity index (χ4v) is 1.17. The molecule has 2 heteroatoms. The highest BCUT2D eigenvalue weighted by Gasteiger charge is 1.99. The van der Waals surface area contributed by atoms with Gasteiger partial charge < -0.3 is 9.47 Å². The van der Waals surface area contributed by atoms with Crippen molar-refractivity contribution in [2.45, 2.75) is 26.4 Å². The zero-order valence-electron chi connectivity index (χ0n) is 9.12. The highest BCUT2D eigenvalue weighted by atomic mass is 16.5. The maximum atomic E-state index is 5.58. The van der Waals surface area contributed by atoms with E-state index in [1.807, 2.05) is 25.1 Å². The molecule has 0 radical (unpaired) electrons.